The number of amides is 1. The first kappa shape index (κ1) is 24.6. The van der Waals surface area contributed by atoms with E-state index in [-0.39, 0.29) is 23.4 Å². The zero-order chi connectivity index (χ0) is 24.8. The van der Waals surface area contributed by atoms with Crippen molar-refractivity contribution in [3.05, 3.63) is 111 Å². The highest BCUT2D eigenvalue weighted by molar-refractivity contribution is 7.71. The monoisotopic (exact) mass is 487 g/mol. The Kier molecular flexibility index (Phi) is 7.90. The standard InChI is InChI=1S/C28H29N3O3S/c1-19(25(20-10-5-3-6-11-20)21-12-7-4-8-13-21)29-26(32)22-14-15-23-24(18-22)30-28(35)31(27(23)33)16-9-17-34-2/h3-8,10-15,18-19,25H,9,16-17H2,1-2H3,(H,29,32)(H,30,35). The Bertz CT molecular complexity index is 1380. The van der Waals surface area contributed by atoms with Crippen LogP contribution in [0.5, 0.6) is 0 Å². The highest BCUT2D eigenvalue weighted by Crippen LogP contribution is 2.28. The maximum atomic E-state index is 13.2. The van der Waals surface area contributed by atoms with Crippen LogP contribution >= 0.6 is 12.2 Å². The van der Waals surface area contributed by atoms with Crippen LogP contribution in [0.1, 0.15) is 40.7 Å². The lowest BCUT2D eigenvalue weighted by atomic mass is 9.85. The molecule has 1 atom stereocenters. The summed E-state index contributed by atoms with van der Waals surface area (Å²) in [7, 11) is 1.62. The van der Waals surface area contributed by atoms with Gasteiger partial charge in [0.25, 0.3) is 11.5 Å². The third kappa shape index (κ3) is 5.58. The second kappa shape index (κ2) is 11.3. The molecule has 0 radical (unpaired) electrons. The number of H-pyrrole nitrogens is 1. The van der Waals surface area contributed by atoms with Gasteiger partial charge in [-0.25, -0.2) is 0 Å². The van der Waals surface area contributed by atoms with Crippen LogP contribution in [-0.4, -0.2) is 35.2 Å². The number of rotatable bonds is 9. The topological polar surface area (TPSA) is 76.1 Å². The van der Waals surface area contributed by atoms with Gasteiger partial charge in [-0.2, -0.15) is 0 Å². The lowest BCUT2D eigenvalue weighted by Crippen LogP contribution is -2.37. The van der Waals surface area contributed by atoms with Crippen LogP contribution < -0.4 is 10.9 Å². The smallest absolute Gasteiger partial charge is 0.262 e. The van der Waals surface area contributed by atoms with E-state index >= 15 is 0 Å². The van der Waals surface area contributed by atoms with Gasteiger partial charge in [-0.3, -0.25) is 14.2 Å². The minimum atomic E-state index is -0.208. The highest BCUT2D eigenvalue weighted by atomic mass is 32.1. The molecule has 4 rings (SSSR count). The van der Waals surface area contributed by atoms with Gasteiger partial charge in [0.2, 0.25) is 0 Å². The number of hydrogen-bond donors (Lipinski definition) is 2. The van der Waals surface area contributed by atoms with Crippen LogP contribution in [0.4, 0.5) is 0 Å². The second-order valence-electron chi connectivity index (χ2n) is 8.55. The first-order chi connectivity index (χ1) is 17.0. The molecule has 180 valence electrons. The van der Waals surface area contributed by atoms with Crippen molar-refractivity contribution in [1.82, 2.24) is 14.9 Å². The second-order valence-corrected chi connectivity index (χ2v) is 8.94. The number of ether oxygens (including phenoxy) is 1. The number of methoxy groups -OCH3 is 1. The van der Waals surface area contributed by atoms with Gasteiger partial charge in [-0.05, 0) is 54.9 Å². The van der Waals surface area contributed by atoms with Crippen molar-refractivity contribution in [3.8, 4) is 0 Å². The number of hydrogen-bond acceptors (Lipinski definition) is 4. The SMILES string of the molecule is COCCCn1c(=S)[nH]c2cc(C(=O)NC(C)C(c3ccccc3)c3ccccc3)ccc2c1=O. The van der Waals surface area contributed by atoms with Gasteiger partial charge in [0.1, 0.15) is 0 Å². The number of aromatic nitrogens is 2. The Morgan fingerprint density at radius 1 is 1.03 bits per heavy atom. The molecule has 0 fully saturated rings. The molecule has 3 aromatic carbocycles. The molecular formula is C28H29N3O3S. The van der Waals surface area contributed by atoms with E-state index in [1.165, 1.54) is 4.57 Å². The molecule has 2 N–H and O–H groups in total. The van der Waals surface area contributed by atoms with Gasteiger partial charge in [0, 0.05) is 37.8 Å². The Labute approximate surface area is 209 Å². The Hall–Kier alpha value is -3.55. The van der Waals surface area contributed by atoms with Gasteiger partial charge >= 0.3 is 0 Å². The van der Waals surface area contributed by atoms with Crippen LogP contribution in [0, 0.1) is 4.77 Å². The van der Waals surface area contributed by atoms with Crippen molar-refractivity contribution in [2.45, 2.75) is 31.8 Å². The molecular weight excluding hydrogens is 458 g/mol. The minimum Gasteiger partial charge on any atom is -0.385 e. The number of aromatic amines is 1. The molecule has 1 unspecified atom stereocenters. The normalized spacial score (nSPS) is 12.1. The number of carbonyl (C=O) groups is 1. The zero-order valence-corrected chi connectivity index (χ0v) is 20.7. The summed E-state index contributed by atoms with van der Waals surface area (Å²) in [6.07, 6.45) is 0.682. The molecule has 0 aliphatic heterocycles. The van der Waals surface area contributed by atoms with Crippen molar-refractivity contribution < 1.29 is 9.53 Å². The lowest BCUT2D eigenvalue weighted by Gasteiger charge is -2.26. The van der Waals surface area contributed by atoms with E-state index < -0.39 is 0 Å². The summed E-state index contributed by atoms with van der Waals surface area (Å²) in [5.41, 5.74) is 3.09. The van der Waals surface area contributed by atoms with Gasteiger partial charge in [-0.1, -0.05) is 60.7 Å². The molecule has 1 amide bonds. The molecule has 1 aromatic heterocycles. The maximum Gasteiger partial charge on any atom is 0.262 e. The van der Waals surface area contributed by atoms with Crippen LogP contribution in [0.15, 0.2) is 83.7 Å². The van der Waals surface area contributed by atoms with Crippen molar-refractivity contribution in [2.75, 3.05) is 13.7 Å². The number of fused-ring (bicyclic) bond motifs is 1. The summed E-state index contributed by atoms with van der Waals surface area (Å²) in [5.74, 6) is -0.216. The molecule has 0 bridgehead atoms. The summed E-state index contributed by atoms with van der Waals surface area (Å²) < 4.78 is 6.94. The fraction of sp³-hybridized carbons (Fsp3) is 0.250. The van der Waals surface area contributed by atoms with Crippen LogP contribution in [0.2, 0.25) is 0 Å². The largest absolute Gasteiger partial charge is 0.385 e. The van der Waals surface area contributed by atoms with Crippen LogP contribution in [0.25, 0.3) is 10.9 Å². The van der Waals surface area contributed by atoms with E-state index in [1.54, 1.807) is 25.3 Å². The van der Waals surface area contributed by atoms with E-state index in [0.29, 0.717) is 40.8 Å². The molecule has 0 aliphatic carbocycles. The van der Waals surface area contributed by atoms with E-state index in [9.17, 15) is 9.59 Å². The first-order valence-electron chi connectivity index (χ1n) is 11.7. The minimum absolute atomic E-state index is 0.00748. The molecule has 4 aromatic rings. The number of benzene rings is 3. The summed E-state index contributed by atoms with van der Waals surface area (Å²) in [6.45, 7) is 3.03. The van der Waals surface area contributed by atoms with Crippen LogP contribution in [-0.2, 0) is 11.3 Å². The first-order valence-corrected chi connectivity index (χ1v) is 12.1. The molecule has 1 heterocycles. The predicted octanol–water partition coefficient (Wildman–Crippen LogP) is 5.05. The number of nitrogens with zero attached hydrogens (tertiary/aromatic N) is 1. The van der Waals surface area contributed by atoms with Gasteiger partial charge in [0.15, 0.2) is 4.77 Å². The van der Waals surface area contributed by atoms with Gasteiger partial charge < -0.3 is 15.0 Å². The van der Waals surface area contributed by atoms with Crippen LogP contribution in [0.3, 0.4) is 0 Å². The quantitative estimate of drug-likeness (QED) is 0.256. The van der Waals surface area contributed by atoms with E-state index in [4.69, 9.17) is 17.0 Å². The molecule has 35 heavy (non-hydrogen) atoms. The fourth-order valence-corrected chi connectivity index (χ4v) is 4.71. The summed E-state index contributed by atoms with van der Waals surface area (Å²) in [4.78, 5) is 29.3. The molecule has 6 nitrogen and oxygen atoms in total. The van der Waals surface area contributed by atoms with Crippen molar-refractivity contribution >= 4 is 29.0 Å². The van der Waals surface area contributed by atoms with Crippen molar-refractivity contribution in [1.29, 1.82) is 0 Å². The van der Waals surface area contributed by atoms with Crippen molar-refractivity contribution in [3.63, 3.8) is 0 Å². The maximum absolute atomic E-state index is 13.2. The Morgan fingerprint density at radius 3 is 2.26 bits per heavy atom. The third-order valence-electron chi connectivity index (χ3n) is 6.15. The molecule has 0 aliphatic rings. The Morgan fingerprint density at radius 2 is 1.66 bits per heavy atom. The van der Waals surface area contributed by atoms with Gasteiger partial charge in [0.05, 0.1) is 10.9 Å². The molecule has 0 spiro atoms. The predicted molar refractivity (Wildman–Crippen MR) is 142 cm³/mol. The molecule has 7 heteroatoms. The summed E-state index contributed by atoms with van der Waals surface area (Å²) in [6, 6.07) is 25.2. The van der Waals surface area contributed by atoms with E-state index in [2.05, 4.69) is 34.6 Å². The molecule has 0 saturated carbocycles. The highest BCUT2D eigenvalue weighted by Gasteiger charge is 2.23. The molecule has 0 saturated heterocycles. The lowest BCUT2D eigenvalue weighted by molar-refractivity contribution is 0.0937. The summed E-state index contributed by atoms with van der Waals surface area (Å²) in [5, 5.41) is 3.65. The van der Waals surface area contributed by atoms with Gasteiger partial charge in [-0.15, -0.1) is 0 Å². The average Bonchev–Trinajstić information content (AvgIpc) is 2.87. The average molecular weight is 488 g/mol. The van der Waals surface area contributed by atoms with E-state index in [1.807, 2.05) is 43.3 Å². The zero-order valence-electron chi connectivity index (χ0n) is 19.9. The van der Waals surface area contributed by atoms with E-state index in [0.717, 1.165) is 11.1 Å². The van der Waals surface area contributed by atoms with Crippen molar-refractivity contribution in [2.24, 2.45) is 0 Å². The third-order valence-corrected chi connectivity index (χ3v) is 6.47. The number of carbonyl (C=O) groups excluding carboxylic acids is 1. The fourth-order valence-electron chi connectivity index (χ4n) is 4.43. The summed E-state index contributed by atoms with van der Waals surface area (Å²) >= 11 is 5.40. The Balaban J connectivity index is 1.60. The number of nitrogens with one attached hydrogen (secondary N) is 2.